The van der Waals surface area contributed by atoms with Gasteiger partial charge in [-0.15, -0.1) is 0 Å². The molecule has 0 heterocycles. The van der Waals surface area contributed by atoms with Crippen LogP contribution < -0.4 is 10.6 Å². The average molecular weight is 540 g/mol. The molecule has 2 aromatic rings. The number of phenols is 2. The summed E-state index contributed by atoms with van der Waals surface area (Å²) < 4.78 is 5.45. The number of benzene rings is 2. The largest absolute Gasteiger partial charge is 0.508 e. The summed E-state index contributed by atoms with van der Waals surface area (Å²) in [6.45, 7) is 12.8. The zero-order chi connectivity index (χ0) is 29.1. The zero-order valence-electron chi connectivity index (χ0n) is 23.8. The van der Waals surface area contributed by atoms with Gasteiger partial charge in [-0.2, -0.15) is 0 Å². The van der Waals surface area contributed by atoms with Crippen LogP contribution in [0.15, 0.2) is 48.5 Å². The van der Waals surface area contributed by atoms with Gasteiger partial charge in [0.25, 0.3) is 0 Å². The number of hydrogen-bond donors (Lipinski definition) is 4. The number of aromatic hydroxyl groups is 2. The van der Waals surface area contributed by atoms with Crippen molar-refractivity contribution in [2.75, 3.05) is 0 Å². The van der Waals surface area contributed by atoms with Gasteiger partial charge in [0, 0.05) is 18.0 Å². The summed E-state index contributed by atoms with van der Waals surface area (Å²) >= 11 is 0. The highest BCUT2D eigenvalue weighted by Crippen LogP contribution is 2.41. The number of phenolic OH excluding ortho intramolecular Hbond substituents is 2. The van der Waals surface area contributed by atoms with Gasteiger partial charge in [0.1, 0.15) is 29.2 Å². The third kappa shape index (κ3) is 8.63. The van der Waals surface area contributed by atoms with Crippen LogP contribution in [0, 0.1) is 5.92 Å². The van der Waals surface area contributed by atoms with Crippen molar-refractivity contribution >= 4 is 17.9 Å². The van der Waals surface area contributed by atoms with Crippen LogP contribution in [0.2, 0.25) is 0 Å². The van der Waals surface area contributed by atoms with E-state index in [1.807, 2.05) is 27.7 Å². The molecule has 3 amide bonds. The SMILES string of the molecule is CC1CC1N(C(=O)C(Cc1ccc(O)cc1)NC(=O)OC(C)(C)C)C(C(=O)NC(C)(C)C)c1cccc(O)c1. The van der Waals surface area contributed by atoms with Crippen molar-refractivity contribution in [2.45, 2.75) is 90.6 Å². The number of nitrogens with one attached hydrogen (secondary N) is 2. The molecule has 0 saturated heterocycles. The molecule has 3 rings (SSSR count). The fourth-order valence-corrected chi connectivity index (χ4v) is 4.44. The van der Waals surface area contributed by atoms with E-state index >= 15 is 0 Å². The quantitative estimate of drug-likeness (QED) is 0.393. The molecule has 9 heteroatoms. The minimum absolute atomic E-state index is 0.0233. The molecular formula is C30H41N3O6. The summed E-state index contributed by atoms with van der Waals surface area (Å²) in [4.78, 5) is 42.5. The molecule has 4 atom stereocenters. The monoisotopic (exact) mass is 539 g/mol. The van der Waals surface area contributed by atoms with Crippen molar-refractivity contribution in [1.29, 1.82) is 0 Å². The Morgan fingerprint density at radius 1 is 1.00 bits per heavy atom. The normalized spacial score (nSPS) is 18.4. The minimum atomic E-state index is -1.06. The van der Waals surface area contributed by atoms with E-state index in [2.05, 4.69) is 10.6 Å². The van der Waals surface area contributed by atoms with E-state index in [1.54, 1.807) is 49.9 Å². The van der Waals surface area contributed by atoms with Crippen molar-refractivity contribution in [2.24, 2.45) is 5.92 Å². The minimum Gasteiger partial charge on any atom is -0.508 e. The Balaban J connectivity index is 2.06. The predicted octanol–water partition coefficient (Wildman–Crippen LogP) is 4.43. The van der Waals surface area contributed by atoms with Gasteiger partial charge in [-0.1, -0.05) is 31.2 Å². The summed E-state index contributed by atoms with van der Waals surface area (Å²) in [6.07, 6.45) is 0.0581. The molecule has 39 heavy (non-hydrogen) atoms. The molecule has 212 valence electrons. The number of hydrogen-bond acceptors (Lipinski definition) is 6. The zero-order valence-corrected chi connectivity index (χ0v) is 23.8. The molecule has 0 radical (unpaired) electrons. The standard InChI is InChI=1S/C30H41N3O6/c1-18-15-24(18)33(25(26(36)32-29(2,3)4)20-9-8-10-22(35)17-20)27(37)23(31-28(38)39-30(5,6)7)16-19-11-13-21(34)14-12-19/h8-14,17-18,23-25,34-35H,15-16H2,1-7H3,(H,31,38)(H,32,36). The highest BCUT2D eigenvalue weighted by molar-refractivity contribution is 5.93. The number of alkyl carbamates (subject to hydrolysis) is 1. The molecule has 4 unspecified atom stereocenters. The van der Waals surface area contributed by atoms with Crippen LogP contribution in [0.3, 0.4) is 0 Å². The van der Waals surface area contributed by atoms with Crippen LogP contribution >= 0.6 is 0 Å². The lowest BCUT2D eigenvalue weighted by Gasteiger charge is -2.36. The van der Waals surface area contributed by atoms with Crippen LogP contribution in [-0.2, 0) is 20.7 Å². The first-order valence-corrected chi connectivity index (χ1v) is 13.2. The molecule has 1 saturated carbocycles. The Morgan fingerprint density at radius 2 is 1.62 bits per heavy atom. The lowest BCUT2D eigenvalue weighted by atomic mass is 9.98. The smallest absolute Gasteiger partial charge is 0.408 e. The Kier molecular flexibility index (Phi) is 8.83. The van der Waals surface area contributed by atoms with Gasteiger partial charge in [0.2, 0.25) is 11.8 Å². The second kappa shape index (κ2) is 11.6. The lowest BCUT2D eigenvalue weighted by molar-refractivity contribution is -0.144. The first-order valence-electron chi connectivity index (χ1n) is 13.2. The Hall–Kier alpha value is -3.75. The van der Waals surface area contributed by atoms with Gasteiger partial charge >= 0.3 is 6.09 Å². The molecule has 1 aliphatic carbocycles. The summed E-state index contributed by atoms with van der Waals surface area (Å²) in [7, 11) is 0. The van der Waals surface area contributed by atoms with Crippen LogP contribution in [-0.4, -0.2) is 56.2 Å². The third-order valence-corrected chi connectivity index (χ3v) is 6.25. The summed E-state index contributed by atoms with van der Waals surface area (Å²) in [6, 6.07) is 10.4. The van der Waals surface area contributed by atoms with Crippen molar-refractivity contribution in [1.82, 2.24) is 15.5 Å². The summed E-state index contributed by atoms with van der Waals surface area (Å²) in [5, 5.41) is 25.6. The first-order chi connectivity index (χ1) is 18.0. The van der Waals surface area contributed by atoms with E-state index in [0.717, 1.165) is 0 Å². The number of ether oxygens (including phenoxy) is 1. The molecule has 0 bridgehead atoms. The Morgan fingerprint density at radius 3 is 2.13 bits per heavy atom. The average Bonchev–Trinajstić information content (AvgIpc) is 3.51. The molecular weight excluding hydrogens is 498 g/mol. The molecule has 0 aliphatic heterocycles. The van der Waals surface area contributed by atoms with Crippen molar-refractivity contribution in [3.63, 3.8) is 0 Å². The van der Waals surface area contributed by atoms with Crippen LogP contribution in [0.4, 0.5) is 4.79 Å². The van der Waals surface area contributed by atoms with Crippen LogP contribution in [0.25, 0.3) is 0 Å². The maximum atomic E-state index is 14.4. The van der Waals surface area contributed by atoms with E-state index in [0.29, 0.717) is 17.5 Å². The van der Waals surface area contributed by atoms with Crippen molar-refractivity contribution < 1.29 is 29.3 Å². The molecule has 4 N–H and O–H groups in total. The number of amides is 3. The predicted molar refractivity (Wildman–Crippen MR) is 148 cm³/mol. The van der Waals surface area contributed by atoms with E-state index in [9.17, 15) is 24.6 Å². The van der Waals surface area contributed by atoms with Gasteiger partial charge in [-0.3, -0.25) is 9.59 Å². The fraction of sp³-hybridized carbons (Fsp3) is 0.500. The maximum Gasteiger partial charge on any atom is 0.408 e. The summed E-state index contributed by atoms with van der Waals surface area (Å²) in [5.41, 5.74) is -0.183. The maximum absolute atomic E-state index is 14.4. The number of carbonyl (C=O) groups is 3. The summed E-state index contributed by atoms with van der Waals surface area (Å²) in [5.74, 6) is -0.628. The van der Waals surface area contributed by atoms with Crippen molar-refractivity contribution in [3.8, 4) is 11.5 Å². The highest BCUT2D eigenvalue weighted by atomic mass is 16.6. The second-order valence-corrected chi connectivity index (χ2v) is 12.3. The van der Waals surface area contributed by atoms with Gasteiger partial charge in [-0.05, 0) is 89.3 Å². The van der Waals surface area contributed by atoms with Gasteiger partial charge in [0.15, 0.2) is 0 Å². The van der Waals surface area contributed by atoms with Crippen LogP contribution in [0.5, 0.6) is 11.5 Å². The number of carbonyl (C=O) groups excluding carboxylic acids is 3. The number of nitrogens with zero attached hydrogens (tertiary/aromatic N) is 1. The van der Waals surface area contributed by atoms with Gasteiger partial charge in [-0.25, -0.2) is 4.79 Å². The van der Waals surface area contributed by atoms with E-state index in [-0.39, 0.29) is 35.8 Å². The molecule has 2 aromatic carbocycles. The van der Waals surface area contributed by atoms with Crippen molar-refractivity contribution in [3.05, 3.63) is 59.7 Å². The Labute approximate surface area is 230 Å². The van der Waals surface area contributed by atoms with Gasteiger partial charge in [0.05, 0.1) is 0 Å². The second-order valence-electron chi connectivity index (χ2n) is 12.3. The van der Waals surface area contributed by atoms with Crippen LogP contribution in [0.1, 0.15) is 72.1 Å². The number of rotatable bonds is 8. The van der Waals surface area contributed by atoms with E-state index < -0.39 is 35.2 Å². The van der Waals surface area contributed by atoms with E-state index in [4.69, 9.17) is 4.74 Å². The first kappa shape index (κ1) is 29.8. The topological polar surface area (TPSA) is 128 Å². The molecule has 1 fully saturated rings. The highest BCUT2D eigenvalue weighted by Gasteiger charge is 2.48. The molecule has 0 spiro atoms. The molecule has 1 aliphatic rings. The van der Waals surface area contributed by atoms with Gasteiger partial charge < -0.3 is 30.5 Å². The Bertz CT molecular complexity index is 1180. The third-order valence-electron chi connectivity index (χ3n) is 6.25. The molecule has 9 nitrogen and oxygen atoms in total. The van der Waals surface area contributed by atoms with E-state index in [1.165, 1.54) is 24.3 Å². The fourth-order valence-electron chi connectivity index (χ4n) is 4.44. The lowest BCUT2D eigenvalue weighted by Crippen LogP contribution is -2.56. The molecule has 0 aromatic heterocycles.